The molecule has 0 saturated carbocycles. The third-order valence-electron chi connectivity index (χ3n) is 4.07. The average molecular weight is 278 g/mol. The summed E-state index contributed by atoms with van der Waals surface area (Å²) in [6, 6.07) is 5.07. The Balaban J connectivity index is 1.51. The molecule has 3 rings (SSSR count). The van der Waals surface area contributed by atoms with Gasteiger partial charge in [-0.2, -0.15) is 0 Å². The number of fused-ring (bicyclic) bond motifs is 1. The zero-order valence-corrected chi connectivity index (χ0v) is 12.1. The average Bonchev–Trinajstić information content (AvgIpc) is 3.04. The molecule has 2 saturated heterocycles. The molecule has 0 unspecified atom stereocenters. The Labute approximate surface area is 119 Å². The van der Waals surface area contributed by atoms with Crippen LogP contribution in [0.1, 0.15) is 11.3 Å². The fraction of sp³-hybridized carbons (Fsp3) is 0.600. The van der Waals surface area contributed by atoms with E-state index in [0.29, 0.717) is 18.8 Å². The van der Waals surface area contributed by atoms with Gasteiger partial charge in [0.15, 0.2) is 0 Å². The highest BCUT2D eigenvalue weighted by atomic mass is 32.1. The monoisotopic (exact) mass is 278 g/mol. The van der Waals surface area contributed by atoms with Crippen LogP contribution in [0.3, 0.4) is 0 Å². The Kier molecular flexibility index (Phi) is 4.33. The first-order valence-corrected chi connectivity index (χ1v) is 7.94. The summed E-state index contributed by atoms with van der Waals surface area (Å²) in [6.45, 7) is 10.2. The fourth-order valence-corrected chi connectivity index (χ4v) is 3.90. The number of rotatable bonds is 5. The molecule has 0 radical (unpaired) electrons. The molecule has 3 heterocycles. The van der Waals surface area contributed by atoms with Gasteiger partial charge in [0.2, 0.25) is 0 Å². The molecular formula is C15H22N2OS. The number of nitrogens with zero attached hydrogens (tertiary/aromatic N) is 2. The van der Waals surface area contributed by atoms with E-state index < -0.39 is 0 Å². The molecule has 2 atom stereocenters. The van der Waals surface area contributed by atoms with E-state index in [0.717, 1.165) is 13.1 Å². The van der Waals surface area contributed by atoms with Crippen LogP contribution in [0.2, 0.25) is 0 Å². The van der Waals surface area contributed by atoms with Gasteiger partial charge in [-0.15, -0.1) is 17.9 Å². The van der Waals surface area contributed by atoms with Crippen molar-refractivity contribution in [3.05, 3.63) is 35.0 Å². The van der Waals surface area contributed by atoms with Crippen LogP contribution in [0.5, 0.6) is 0 Å². The van der Waals surface area contributed by atoms with Gasteiger partial charge in [-0.05, 0) is 17.9 Å². The minimum Gasteiger partial charge on any atom is -0.373 e. The topological polar surface area (TPSA) is 15.7 Å². The van der Waals surface area contributed by atoms with Crippen molar-refractivity contribution >= 4 is 11.3 Å². The van der Waals surface area contributed by atoms with Gasteiger partial charge in [-0.1, -0.05) is 12.1 Å². The summed E-state index contributed by atoms with van der Waals surface area (Å²) < 4.78 is 5.81. The van der Waals surface area contributed by atoms with Gasteiger partial charge in [0, 0.05) is 43.6 Å². The highest BCUT2D eigenvalue weighted by molar-refractivity contribution is 7.09. The SMILES string of the molecule is C=CCO[C@@H]1C[C@H]2CN(Cc3cccs3)CCN2C1. The van der Waals surface area contributed by atoms with Crippen molar-refractivity contribution in [2.75, 3.05) is 32.8 Å². The molecule has 3 nitrogen and oxygen atoms in total. The highest BCUT2D eigenvalue weighted by Gasteiger charge is 2.36. The maximum atomic E-state index is 5.81. The predicted octanol–water partition coefficient (Wildman–Crippen LogP) is 2.21. The largest absolute Gasteiger partial charge is 0.373 e. The van der Waals surface area contributed by atoms with Crippen molar-refractivity contribution in [1.29, 1.82) is 0 Å². The molecule has 0 aromatic carbocycles. The molecule has 2 aliphatic heterocycles. The lowest BCUT2D eigenvalue weighted by Crippen LogP contribution is -2.49. The van der Waals surface area contributed by atoms with Crippen molar-refractivity contribution in [2.45, 2.75) is 25.1 Å². The number of ether oxygens (including phenoxy) is 1. The zero-order chi connectivity index (χ0) is 13.1. The second-order valence-corrected chi connectivity index (χ2v) is 6.48. The van der Waals surface area contributed by atoms with E-state index in [1.54, 1.807) is 0 Å². The van der Waals surface area contributed by atoms with E-state index in [-0.39, 0.29) is 0 Å². The van der Waals surface area contributed by atoms with Crippen molar-refractivity contribution in [3.63, 3.8) is 0 Å². The quantitative estimate of drug-likeness (QED) is 0.768. The molecule has 2 aliphatic rings. The molecule has 104 valence electrons. The Morgan fingerprint density at radius 3 is 3.16 bits per heavy atom. The van der Waals surface area contributed by atoms with E-state index in [2.05, 4.69) is 33.9 Å². The van der Waals surface area contributed by atoms with E-state index in [9.17, 15) is 0 Å². The minimum atomic E-state index is 0.407. The van der Waals surface area contributed by atoms with Crippen molar-refractivity contribution in [1.82, 2.24) is 9.80 Å². The molecule has 1 aromatic heterocycles. The van der Waals surface area contributed by atoms with Crippen LogP contribution in [0.4, 0.5) is 0 Å². The van der Waals surface area contributed by atoms with Crippen LogP contribution in [0, 0.1) is 0 Å². The summed E-state index contributed by atoms with van der Waals surface area (Å²) in [7, 11) is 0. The summed E-state index contributed by atoms with van der Waals surface area (Å²) in [5.74, 6) is 0. The lowest BCUT2D eigenvalue weighted by molar-refractivity contribution is 0.0760. The fourth-order valence-electron chi connectivity index (χ4n) is 3.15. The number of hydrogen-bond acceptors (Lipinski definition) is 4. The second kappa shape index (κ2) is 6.18. The second-order valence-electron chi connectivity index (χ2n) is 5.44. The Morgan fingerprint density at radius 2 is 2.37 bits per heavy atom. The number of piperazine rings is 1. The molecule has 0 spiro atoms. The smallest absolute Gasteiger partial charge is 0.0721 e. The lowest BCUT2D eigenvalue weighted by Gasteiger charge is -2.37. The molecule has 1 aromatic rings. The number of hydrogen-bond donors (Lipinski definition) is 0. The summed E-state index contributed by atoms with van der Waals surface area (Å²) >= 11 is 1.86. The maximum Gasteiger partial charge on any atom is 0.0721 e. The first kappa shape index (κ1) is 13.3. The van der Waals surface area contributed by atoms with Gasteiger partial charge >= 0.3 is 0 Å². The van der Waals surface area contributed by atoms with Crippen LogP contribution in [0.15, 0.2) is 30.2 Å². The van der Waals surface area contributed by atoms with Gasteiger partial charge < -0.3 is 4.74 Å². The van der Waals surface area contributed by atoms with E-state index in [1.807, 2.05) is 17.4 Å². The predicted molar refractivity (Wildman–Crippen MR) is 79.5 cm³/mol. The van der Waals surface area contributed by atoms with Crippen molar-refractivity contribution in [2.24, 2.45) is 0 Å². The molecular weight excluding hydrogens is 256 g/mol. The van der Waals surface area contributed by atoms with Gasteiger partial charge in [-0.25, -0.2) is 0 Å². The molecule has 0 aliphatic carbocycles. The third-order valence-corrected chi connectivity index (χ3v) is 4.93. The Morgan fingerprint density at radius 1 is 1.42 bits per heavy atom. The molecule has 0 N–H and O–H groups in total. The molecule has 19 heavy (non-hydrogen) atoms. The normalized spacial score (nSPS) is 28.4. The third kappa shape index (κ3) is 3.26. The van der Waals surface area contributed by atoms with Crippen LogP contribution < -0.4 is 0 Å². The van der Waals surface area contributed by atoms with Crippen LogP contribution in [-0.4, -0.2) is 54.7 Å². The van der Waals surface area contributed by atoms with Crippen LogP contribution in [-0.2, 0) is 11.3 Å². The summed E-state index contributed by atoms with van der Waals surface area (Å²) in [6.07, 6.45) is 3.43. The van der Waals surface area contributed by atoms with Gasteiger partial charge in [0.25, 0.3) is 0 Å². The van der Waals surface area contributed by atoms with Crippen LogP contribution in [0.25, 0.3) is 0 Å². The van der Waals surface area contributed by atoms with Crippen LogP contribution >= 0.6 is 11.3 Å². The zero-order valence-electron chi connectivity index (χ0n) is 11.3. The molecule has 0 bridgehead atoms. The first-order valence-electron chi connectivity index (χ1n) is 7.06. The van der Waals surface area contributed by atoms with Crippen molar-refractivity contribution in [3.8, 4) is 0 Å². The van der Waals surface area contributed by atoms with Gasteiger partial charge in [-0.3, -0.25) is 9.80 Å². The Hall–Kier alpha value is -0.680. The summed E-state index contributed by atoms with van der Waals surface area (Å²) in [5.41, 5.74) is 0. The van der Waals surface area contributed by atoms with Gasteiger partial charge in [0.05, 0.1) is 12.7 Å². The minimum absolute atomic E-state index is 0.407. The standard InChI is InChI=1S/C15H22N2OS/c1-2-7-18-14-9-13-10-16(5-6-17(13)11-14)12-15-4-3-8-19-15/h2-4,8,13-14H,1,5-7,9-12H2/t13-,14+/m0/s1. The van der Waals surface area contributed by atoms with Gasteiger partial charge in [0.1, 0.15) is 0 Å². The summed E-state index contributed by atoms with van der Waals surface area (Å²) in [5, 5.41) is 2.17. The van der Waals surface area contributed by atoms with E-state index >= 15 is 0 Å². The molecule has 2 fully saturated rings. The first-order chi connectivity index (χ1) is 9.35. The van der Waals surface area contributed by atoms with E-state index in [1.165, 1.54) is 30.9 Å². The van der Waals surface area contributed by atoms with Crippen molar-refractivity contribution < 1.29 is 4.74 Å². The molecule has 4 heteroatoms. The Bertz CT molecular complexity index is 406. The maximum absolute atomic E-state index is 5.81. The molecule has 0 amide bonds. The van der Waals surface area contributed by atoms with E-state index in [4.69, 9.17) is 4.74 Å². The number of thiophene rings is 1. The summed E-state index contributed by atoms with van der Waals surface area (Å²) in [4.78, 5) is 6.66. The lowest BCUT2D eigenvalue weighted by atomic mass is 10.1. The highest BCUT2D eigenvalue weighted by Crippen LogP contribution is 2.25.